The first kappa shape index (κ1) is 62.8. The molecule has 0 bridgehead atoms. The molecule has 0 aliphatic heterocycles. The fraction of sp³-hybridized carbons (Fsp3) is 0.965. The maximum atomic E-state index is 12.9. The van der Waals surface area contributed by atoms with Gasteiger partial charge in [-0.2, -0.15) is 0 Å². The molecule has 7 heteroatoms. The van der Waals surface area contributed by atoms with Crippen molar-refractivity contribution >= 4 is 11.9 Å². The smallest absolute Gasteiger partial charge is 0.306 e. The van der Waals surface area contributed by atoms with Crippen LogP contribution in [0.5, 0.6) is 0 Å². The molecule has 0 aromatic carbocycles. The lowest BCUT2D eigenvalue weighted by molar-refractivity contribution is -0.151. The first-order valence-electron chi connectivity index (χ1n) is 28.9. The van der Waals surface area contributed by atoms with Crippen LogP contribution in [0.1, 0.15) is 298 Å². The summed E-state index contributed by atoms with van der Waals surface area (Å²) in [6.07, 6.45) is 48.8. The number of hydrogen-bond donors (Lipinski definition) is 1. The fourth-order valence-corrected chi connectivity index (χ4v) is 9.32. The maximum absolute atomic E-state index is 12.9. The highest BCUT2D eigenvalue weighted by atomic mass is 16.5. The van der Waals surface area contributed by atoms with Crippen LogP contribution in [0.15, 0.2) is 0 Å². The first-order chi connectivity index (χ1) is 31.4. The van der Waals surface area contributed by atoms with Gasteiger partial charge in [-0.05, 0) is 116 Å². The van der Waals surface area contributed by atoms with Gasteiger partial charge in [0.25, 0.3) is 0 Å². The molecule has 0 atom stereocenters. The average Bonchev–Trinajstić information content (AvgIpc) is 3.29. The summed E-state index contributed by atoms with van der Waals surface area (Å²) < 4.78 is 12.2. The van der Waals surface area contributed by atoms with Crippen molar-refractivity contribution < 1.29 is 24.2 Å². The summed E-state index contributed by atoms with van der Waals surface area (Å²) >= 11 is 0. The van der Waals surface area contributed by atoms with E-state index < -0.39 is 0 Å². The highest BCUT2D eigenvalue weighted by Crippen LogP contribution is 2.20. The zero-order valence-electron chi connectivity index (χ0n) is 44.1. The second kappa shape index (κ2) is 51.2. The van der Waals surface area contributed by atoms with Crippen molar-refractivity contribution in [1.29, 1.82) is 0 Å². The quantitative estimate of drug-likeness (QED) is 0.0481. The molecule has 0 aliphatic carbocycles. The number of esters is 2. The minimum atomic E-state index is 0.0293. The number of aliphatic hydroxyl groups excluding tert-OH is 1. The second-order valence-electron chi connectivity index (χ2n) is 19.8. The minimum absolute atomic E-state index is 0.0293. The molecule has 0 heterocycles. The van der Waals surface area contributed by atoms with Gasteiger partial charge in [-0.25, -0.2) is 0 Å². The van der Waals surface area contributed by atoms with Crippen molar-refractivity contribution in [1.82, 2.24) is 9.80 Å². The van der Waals surface area contributed by atoms with Gasteiger partial charge < -0.3 is 24.4 Å². The van der Waals surface area contributed by atoms with Crippen LogP contribution in [-0.2, 0) is 19.1 Å². The Morgan fingerprint density at radius 3 is 0.953 bits per heavy atom. The topological polar surface area (TPSA) is 79.3 Å². The van der Waals surface area contributed by atoms with Crippen LogP contribution in [0.4, 0.5) is 0 Å². The Balaban J connectivity index is 4.63. The number of carbonyl (C=O) groups excluding carboxylic acids is 2. The summed E-state index contributed by atoms with van der Waals surface area (Å²) in [6.45, 7) is 17.7. The molecule has 0 unspecified atom stereocenters. The molecule has 64 heavy (non-hydrogen) atoms. The van der Waals surface area contributed by atoms with Gasteiger partial charge in [-0.1, -0.05) is 202 Å². The lowest BCUT2D eigenvalue weighted by atomic mass is 10.0. The first-order valence-corrected chi connectivity index (χ1v) is 28.9. The third-order valence-corrected chi connectivity index (χ3v) is 13.6. The molecular formula is C57H114N2O5. The van der Waals surface area contributed by atoms with Gasteiger partial charge in [-0.15, -0.1) is 0 Å². The zero-order valence-corrected chi connectivity index (χ0v) is 44.1. The number of aliphatic hydroxyl groups is 1. The summed E-state index contributed by atoms with van der Waals surface area (Å²) in [6, 6.07) is 0. The SMILES string of the molecule is CCCCCCCCC(CCCCCCCC)OC(=O)CCCCCCCN(CCCCCCCC(=O)OC(CCCCCCCC)CCCCCCCC)CCCN(CC)CCO. The molecule has 1 N–H and O–H groups in total. The number of carbonyl (C=O) groups is 2. The minimum Gasteiger partial charge on any atom is -0.462 e. The van der Waals surface area contributed by atoms with E-state index in [4.69, 9.17) is 9.47 Å². The molecule has 382 valence electrons. The van der Waals surface area contributed by atoms with Gasteiger partial charge in [0.15, 0.2) is 0 Å². The van der Waals surface area contributed by atoms with Crippen LogP contribution in [0.25, 0.3) is 0 Å². The van der Waals surface area contributed by atoms with Crippen molar-refractivity contribution in [2.75, 3.05) is 45.9 Å². The van der Waals surface area contributed by atoms with Crippen molar-refractivity contribution in [3.05, 3.63) is 0 Å². The van der Waals surface area contributed by atoms with Gasteiger partial charge in [0, 0.05) is 19.4 Å². The lowest BCUT2D eigenvalue weighted by Crippen LogP contribution is -2.32. The van der Waals surface area contributed by atoms with Crippen molar-refractivity contribution in [2.45, 2.75) is 310 Å². The third-order valence-electron chi connectivity index (χ3n) is 13.6. The molecule has 0 spiro atoms. The summed E-state index contributed by atoms with van der Waals surface area (Å²) in [4.78, 5) is 30.8. The molecule has 0 amide bonds. The molecular weight excluding hydrogens is 793 g/mol. The van der Waals surface area contributed by atoms with E-state index in [2.05, 4.69) is 44.4 Å². The normalized spacial score (nSPS) is 11.8. The molecule has 0 radical (unpaired) electrons. The largest absolute Gasteiger partial charge is 0.462 e. The number of unbranched alkanes of at least 4 members (excludes halogenated alkanes) is 28. The predicted molar refractivity (Wildman–Crippen MR) is 277 cm³/mol. The second-order valence-corrected chi connectivity index (χ2v) is 19.8. The summed E-state index contributed by atoms with van der Waals surface area (Å²) in [5.74, 6) is 0.0586. The van der Waals surface area contributed by atoms with Crippen LogP contribution in [0, 0.1) is 0 Å². The van der Waals surface area contributed by atoms with E-state index in [1.807, 2.05) is 0 Å². The molecule has 0 saturated heterocycles. The van der Waals surface area contributed by atoms with Crippen LogP contribution in [0.3, 0.4) is 0 Å². The van der Waals surface area contributed by atoms with E-state index >= 15 is 0 Å². The highest BCUT2D eigenvalue weighted by molar-refractivity contribution is 5.69. The Hall–Kier alpha value is -1.18. The summed E-state index contributed by atoms with van der Waals surface area (Å²) in [7, 11) is 0. The number of hydrogen-bond acceptors (Lipinski definition) is 7. The fourth-order valence-electron chi connectivity index (χ4n) is 9.32. The molecule has 0 fully saturated rings. The molecule has 0 aromatic heterocycles. The molecule has 0 aromatic rings. The molecule has 0 aliphatic rings. The van der Waals surface area contributed by atoms with Crippen LogP contribution >= 0.6 is 0 Å². The van der Waals surface area contributed by atoms with Gasteiger partial charge in [0.2, 0.25) is 0 Å². The Bertz CT molecular complexity index is 853. The predicted octanol–water partition coefficient (Wildman–Crippen LogP) is 16.5. The van der Waals surface area contributed by atoms with Gasteiger partial charge in [0.05, 0.1) is 6.61 Å². The zero-order chi connectivity index (χ0) is 46.8. The monoisotopic (exact) mass is 907 g/mol. The van der Waals surface area contributed by atoms with Crippen molar-refractivity contribution in [2.24, 2.45) is 0 Å². The Morgan fingerprint density at radius 1 is 0.344 bits per heavy atom. The van der Waals surface area contributed by atoms with Gasteiger partial charge in [-0.3, -0.25) is 9.59 Å². The highest BCUT2D eigenvalue weighted by Gasteiger charge is 2.16. The average molecular weight is 908 g/mol. The van der Waals surface area contributed by atoms with Crippen molar-refractivity contribution in [3.8, 4) is 0 Å². The molecule has 0 rings (SSSR count). The summed E-state index contributed by atoms with van der Waals surface area (Å²) in [5.41, 5.74) is 0. The third kappa shape index (κ3) is 44.6. The Morgan fingerprint density at radius 2 is 0.625 bits per heavy atom. The standard InChI is InChI=1S/C57H114N2O5/c1-6-11-15-19-25-33-42-54(43-34-26-20-16-12-7-2)63-56(61)46-37-29-23-31-39-48-59(51-41-50-58(10-5)52-53-60)49-40-32-24-30-38-47-57(62)64-55(44-35-27-21-17-13-8-3)45-36-28-22-18-14-9-4/h54-55,60H,6-53H2,1-5H3. The molecule has 0 saturated carbocycles. The number of likely N-dealkylation sites (N-methyl/N-ethyl adjacent to an activating group) is 1. The maximum Gasteiger partial charge on any atom is 0.306 e. The van der Waals surface area contributed by atoms with Crippen LogP contribution < -0.4 is 0 Å². The van der Waals surface area contributed by atoms with Gasteiger partial charge in [0.1, 0.15) is 12.2 Å². The lowest BCUT2D eigenvalue weighted by Gasteiger charge is -2.25. The van der Waals surface area contributed by atoms with E-state index in [1.165, 1.54) is 193 Å². The van der Waals surface area contributed by atoms with Gasteiger partial charge >= 0.3 is 11.9 Å². The molecule has 7 nitrogen and oxygen atoms in total. The number of nitrogens with zero attached hydrogens (tertiary/aromatic N) is 2. The van der Waals surface area contributed by atoms with Crippen LogP contribution in [-0.4, -0.2) is 84.9 Å². The van der Waals surface area contributed by atoms with E-state index in [-0.39, 0.29) is 30.8 Å². The Labute approximate surface area is 400 Å². The van der Waals surface area contributed by atoms with E-state index in [1.54, 1.807) is 0 Å². The van der Waals surface area contributed by atoms with E-state index in [0.29, 0.717) is 12.8 Å². The summed E-state index contributed by atoms with van der Waals surface area (Å²) in [5, 5.41) is 9.47. The number of ether oxygens (including phenoxy) is 2. The van der Waals surface area contributed by atoms with E-state index in [9.17, 15) is 14.7 Å². The van der Waals surface area contributed by atoms with E-state index in [0.717, 1.165) is 97.1 Å². The van der Waals surface area contributed by atoms with Crippen LogP contribution in [0.2, 0.25) is 0 Å². The van der Waals surface area contributed by atoms with Crippen molar-refractivity contribution in [3.63, 3.8) is 0 Å². The Kier molecular flexibility index (Phi) is 50.3. The number of rotatable bonds is 53.